The molecule has 0 unspecified atom stereocenters. The molecule has 0 amide bonds. The van der Waals surface area contributed by atoms with Gasteiger partial charge in [0, 0.05) is 11.6 Å². The molecule has 0 spiro atoms. The lowest BCUT2D eigenvalue weighted by atomic mass is 10.2. The van der Waals surface area contributed by atoms with Crippen LogP contribution in [0.2, 0.25) is 5.02 Å². The van der Waals surface area contributed by atoms with Crippen LogP contribution in [0.3, 0.4) is 0 Å². The molecule has 0 aliphatic rings. The Hall–Kier alpha value is -3.31. The van der Waals surface area contributed by atoms with Crippen molar-refractivity contribution in [1.82, 2.24) is 9.55 Å². The van der Waals surface area contributed by atoms with E-state index in [4.69, 9.17) is 26.4 Å². The van der Waals surface area contributed by atoms with Gasteiger partial charge in [0.1, 0.15) is 18.2 Å². The molecule has 0 fully saturated rings. The topological polar surface area (TPSA) is 64.3 Å². The fraction of sp³-hybridized carbons (Fsp3) is 0.0909. The summed E-state index contributed by atoms with van der Waals surface area (Å²) in [6, 6.07) is 22.0. The Bertz CT molecular complexity index is 1150. The van der Waals surface area contributed by atoms with Crippen molar-refractivity contribution in [3.05, 3.63) is 94.8 Å². The molecule has 4 rings (SSSR count). The van der Waals surface area contributed by atoms with Crippen LogP contribution in [0.25, 0.3) is 11.0 Å². The predicted octanol–water partition coefficient (Wildman–Crippen LogP) is 5.02. The highest BCUT2D eigenvalue weighted by atomic mass is 35.5. The number of imidazole rings is 1. The van der Waals surface area contributed by atoms with E-state index in [-0.39, 0.29) is 12.2 Å². The molecule has 1 aromatic heterocycles. The smallest absolute Gasteiger partial charge is 0.335 e. The first kappa shape index (κ1) is 18.1. The zero-order valence-electron chi connectivity index (χ0n) is 14.9. The molecule has 28 heavy (non-hydrogen) atoms. The second kappa shape index (κ2) is 7.74. The minimum absolute atomic E-state index is 0.185. The van der Waals surface area contributed by atoms with Crippen molar-refractivity contribution in [2.24, 2.45) is 0 Å². The van der Waals surface area contributed by atoms with E-state index in [1.54, 1.807) is 12.1 Å². The van der Waals surface area contributed by atoms with Crippen LogP contribution < -0.4 is 4.74 Å². The van der Waals surface area contributed by atoms with Gasteiger partial charge < -0.3 is 14.4 Å². The van der Waals surface area contributed by atoms with Gasteiger partial charge in [-0.2, -0.15) is 0 Å². The minimum Gasteiger partial charge on any atom is -0.486 e. The van der Waals surface area contributed by atoms with Crippen molar-refractivity contribution >= 4 is 28.6 Å². The fourth-order valence-electron chi connectivity index (χ4n) is 3.10. The van der Waals surface area contributed by atoms with Crippen molar-refractivity contribution in [2.45, 2.75) is 13.2 Å². The summed E-state index contributed by atoms with van der Waals surface area (Å²) < 4.78 is 7.93. The number of nitrogens with zero attached hydrogens (tertiary/aromatic N) is 2. The van der Waals surface area contributed by atoms with Crippen molar-refractivity contribution < 1.29 is 14.6 Å². The monoisotopic (exact) mass is 392 g/mol. The van der Waals surface area contributed by atoms with E-state index in [0.29, 0.717) is 17.3 Å². The molecule has 0 aliphatic heterocycles. The number of aromatic nitrogens is 2. The maximum Gasteiger partial charge on any atom is 0.335 e. The van der Waals surface area contributed by atoms with E-state index in [1.165, 1.54) is 12.1 Å². The van der Waals surface area contributed by atoms with Gasteiger partial charge in [0.15, 0.2) is 0 Å². The van der Waals surface area contributed by atoms with Crippen LogP contribution in [-0.2, 0) is 13.2 Å². The number of hydrogen-bond acceptors (Lipinski definition) is 3. The van der Waals surface area contributed by atoms with Gasteiger partial charge in [-0.25, -0.2) is 9.78 Å². The Morgan fingerprint density at radius 3 is 2.68 bits per heavy atom. The molecule has 6 heteroatoms. The Balaban J connectivity index is 1.65. The third-order valence-electron chi connectivity index (χ3n) is 4.41. The Labute approximate surface area is 166 Å². The minimum atomic E-state index is -0.987. The number of carboxylic acids is 1. The predicted molar refractivity (Wildman–Crippen MR) is 108 cm³/mol. The maximum atomic E-state index is 11.1. The van der Waals surface area contributed by atoms with E-state index >= 15 is 0 Å². The summed E-state index contributed by atoms with van der Waals surface area (Å²) in [7, 11) is 0. The summed E-state index contributed by atoms with van der Waals surface area (Å²) >= 11 is 6.13. The second-order valence-electron chi connectivity index (χ2n) is 6.35. The largest absolute Gasteiger partial charge is 0.486 e. The summed E-state index contributed by atoms with van der Waals surface area (Å²) in [6.07, 6.45) is 0. The molecule has 0 saturated carbocycles. The van der Waals surface area contributed by atoms with Crippen LogP contribution in [0.1, 0.15) is 21.7 Å². The van der Waals surface area contributed by atoms with Crippen LogP contribution in [-0.4, -0.2) is 20.6 Å². The number of hydrogen-bond donors (Lipinski definition) is 1. The number of ether oxygens (including phenoxy) is 1. The average molecular weight is 393 g/mol. The van der Waals surface area contributed by atoms with E-state index in [0.717, 1.165) is 22.4 Å². The molecule has 0 aliphatic carbocycles. The second-order valence-corrected chi connectivity index (χ2v) is 6.79. The third kappa shape index (κ3) is 3.85. The van der Waals surface area contributed by atoms with Crippen LogP contribution in [0, 0.1) is 0 Å². The lowest BCUT2D eigenvalue weighted by molar-refractivity contribution is 0.0696. The van der Waals surface area contributed by atoms with Gasteiger partial charge in [0.05, 0.1) is 16.6 Å². The highest BCUT2D eigenvalue weighted by Crippen LogP contribution is 2.21. The Morgan fingerprint density at radius 2 is 1.86 bits per heavy atom. The van der Waals surface area contributed by atoms with Gasteiger partial charge in [0.25, 0.3) is 0 Å². The average Bonchev–Trinajstić information content (AvgIpc) is 3.04. The van der Waals surface area contributed by atoms with Crippen molar-refractivity contribution in [1.29, 1.82) is 0 Å². The number of rotatable bonds is 6. The number of para-hydroxylation sites is 2. The molecule has 3 aromatic carbocycles. The van der Waals surface area contributed by atoms with Crippen molar-refractivity contribution in [2.75, 3.05) is 0 Å². The molecule has 5 nitrogen and oxygen atoms in total. The van der Waals surface area contributed by atoms with Crippen LogP contribution >= 0.6 is 11.6 Å². The molecule has 4 aromatic rings. The summed E-state index contributed by atoms with van der Waals surface area (Å²) in [5.74, 6) is 0.252. The van der Waals surface area contributed by atoms with Crippen molar-refractivity contribution in [3.8, 4) is 5.75 Å². The number of carbonyl (C=O) groups is 1. The first-order valence-electron chi connectivity index (χ1n) is 8.75. The SMILES string of the molecule is O=C(O)c1cccc(OCc2nc3ccccc3n2Cc2cccc(Cl)c2)c1. The molecule has 1 N–H and O–H groups in total. The van der Waals surface area contributed by atoms with E-state index < -0.39 is 5.97 Å². The molecular weight excluding hydrogens is 376 g/mol. The van der Waals surface area contributed by atoms with E-state index in [1.807, 2.05) is 48.5 Å². The number of fused-ring (bicyclic) bond motifs is 1. The van der Waals surface area contributed by atoms with Gasteiger partial charge in [0.2, 0.25) is 0 Å². The molecule has 0 bridgehead atoms. The zero-order chi connectivity index (χ0) is 19.5. The highest BCUT2D eigenvalue weighted by molar-refractivity contribution is 6.30. The van der Waals surface area contributed by atoms with E-state index in [2.05, 4.69) is 4.57 Å². The van der Waals surface area contributed by atoms with Gasteiger partial charge in [-0.1, -0.05) is 41.9 Å². The Morgan fingerprint density at radius 1 is 1.04 bits per heavy atom. The lowest BCUT2D eigenvalue weighted by Gasteiger charge is -2.11. The van der Waals surface area contributed by atoms with Gasteiger partial charge in [-0.3, -0.25) is 0 Å². The number of aromatic carboxylic acids is 1. The van der Waals surface area contributed by atoms with Gasteiger partial charge in [-0.15, -0.1) is 0 Å². The zero-order valence-corrected chi connectivity index (χ0v) is 15.6. The Kier molecular flexibility index (Phi) is 5.00. The van der Waals surface area contributed by atoms with Crippen LogP contribution in [0.4, 0.5) is 0 Å². The van der Waals surface area contributed by atoms with Crippen LogP contribution in [0.15, 0.2) is 72.8 Å². The fourth-order valence-corrected chi connectivity index (χ4v) is 3.31. The van der Waals surface area contributed by atoms with Crippen LogP contribution in [0.5, 0.6) is 5.75 Å². The quantitative estimate of drug-likeness (QED) is 0.500. The van der Waals surface area contributed by atoms with Crippen molar-refractivity contribution in [3.63, 3.8) is 0 Å². The maximum absolute atomic E-state index is 11.1. The number of halogens is 1. The summed E-state index contributed by atoms with van der Waals surface area (Å²) in [6.45, 7) is 0.827. The lowest BCUT2D eigenvalue weighted by Crippen LogP contribution is -2.08. The summed E-state index contributed by atoms with van der Waals surface area (Å²) in [5.41, 5.74) is 3.12. The number of carboxylic acid groups (broad SMARTS) is 1. The number of benzene rings is 3. The molecule has 1 heterocycles. The molecule has 0 radical (unpaired) electrons. The normalized spacial score (nSPS) is 10.9. The molecule has 0 saturated heterocycles. The summed E-state index contributed by atoms with van der Waals surface area (Å²) in [4.78, 5) is 15.8. The first-order valence-corrected chi connectivity index (χ1v) is 9.13. The van der Waals surface area contributed by atoms with Gasteiger partial charge >= 0.3 is 5.97 Å². The molecule has 0 atom stereocenters. The van der Waals surface area contributed by atoms with E-state index in [9.17, 15) is 4.79 Å². The third-order valence-corrected chi connectivity index (χ3v) is 4.65. The molecular formula is C22H17ClN2O3. The summed E-state index contributed by atoms with van der Waals surface area (Å²) in [5, 5.41) is 9.82. The first-order chi connectivity index (χ1) is 13.6. The highest BCUT2D eigenvalue weighted by Gasteiger charge is 2.12. The van der Waals surface area contributed by atoms with Gasteiger partial charge in [-0.05, 0) is 48.0 Å². The standard InChI is InChI=1S/C22H17ClN2O3/c23-17-7-3-5-15(11-17)13-25-20-10-2-1-9-19(20)24-21(25)14-28-18-8-4-6-16(12-18)22(26)27/h1-12H,13-14H2,(H,26,27). The molecule has 140 valence electrons.